The summed E-state index contributed by atoms with van der Waals surface area (Å²) in [5, 5.41) is 0.587. The molecule has 8 heteroatoms. The zero-order valence-corrected chi connectivity index (χ0v) is 13.7. The van der Waals surface area contributed by atoms with Crippen LogP contribution in [-0.4, -0.2) is 39.4 Å². The molecule has 1 aromatic carbocycles. The first-order valence-corrected chi connectivity index (χ1v) is 8.14. The third-order valence-corrected chi connectivity index (χ3v) is 4.87. The molecule has 0 aliphatic heterocycles. The van der Waals surface area contributed by atoms with Crippen molar-refractivity contribution in [2.24, 2.45) is 0 Å². The summed E-state index contributed by atoms with van der Waals surface area (Å²) in [7, 11) is -1.01. The minimum atomic E-state index is -3.68. The molecule has 1 N–H and O–H groups in total. The van der Waals surface area contributed by atoms with Crippen LogP contribution in [0.2, 0.25) is 5.02 Å². The Hall–Kier alpha value is -1.15. The number of hydrogen-bond acceptors (Lipinski definition) is 4. The minimum absolute atomic E-state index is 0.00321. The molecule has 1 atom stereocenters. The van der Waals surface area contributed by atoms with E-state index in [0.717, 1.165) is 9.87 Å². The summed E-state index contributed by atoms with van der Waals surface area (Å²) >= 11 is 5.79. The van der Waals surface area contributed by atoms with E-state index >= 15 is 0 Å². The van der Waals surface area contributed by atoms with Gasteiger partial charge in [0.05, 0.1) is 13.5 Å². The molecule has 0 amide bonds. The van der Waals surface area contributed by atoms with Crippen molar-refractivity contribution in [3.8, 4) is 0 Å². The van der Waals surface area contributed by atoms with E-state index in [4.69, 9.17) is 11.6 Å². The summed E-state index contributed by atoms with van der Waals surface area (Å²) in [6, 6.07) is 6.49. The van der Waals surface area contributed by atoms with Crippen molar-refractivity contribution in [3.63, 3.8) is 0 Å². The number of methoxy groups -OCH3 is 1. The Bertz CT molecular complexity index is 574. The minimum Gasteiger partial charge on any atom is -0.469 e. The quantitative estimate of drug-likeness (QED) is 0.770. The molecule has 1 aromatic rings. The van der Waals surface area contributed by atoms with Crippen molar-refractivity contribution in [1.82, 2.24) is 9.03 Å². The van der Waals surface area contributed by atoms with Crippen molar-refractivity contribution in [2.45, 2.75) is 19.4 Å². The van der Waals surface area contributed by atoms with Gasteiger partial charge in [-0.25, -0.2) is 0 Å². The Morgan fingerprint density at radius 1 is 1.38 bits per heavy atom. The van der Waals surface area contributed by atoms with Crippen LogP contribution in [0.15, 0.2) is 24.3 Å². The van der Waals surface area contributed by atoms with E-state index in [2.05, 4.69) is 9.46 Å². The van der Waals surface area contributed by atoms with Crippen LogP contribution in [-0.2, 0) is 19.7 Å². The molecule has 0 bridgehead atoms. The molecule has 118 valence electrons. The normalized spacial score (nSPS) is 13.2. The van der Waals surface area contributed by atoms with E-state index in [9.17, 15) is 13.2 Å². The summed E-state index contributed by atoms with van der Waals surface area (Å²) in [6.07, 6.45) is 0.00321. The lowest BCUT2D eigenvalue weighted by Crippen LogP contribution is -2.40. The topological polar surface area (TPSA) is 75.7 Å². The van der Waals surface area contributed by atoms with E-state index in [-0.39, 0.29) is 13.0 Å². The lowest BCUT2D eigenvalue weighted by Gasteiger charge is -2.21. The molecule has 0 aromatic heterocycles. The van der Waals surface area contributed by atoms with E-state index in [1.54, 1.807) is 31.2 Å². The fourth-order valence-electron chi connectivity index (χ4n) is 1.60. The summed E-state index contributed by atoms with van der Waals surface area (Å²) in [5.74, 6) is -0.456. The number of carbonyl (C=O) groups is 1. The Labute approximate surface area is 130 Å². The Balaban J connectivity index is 2.66. The number of halogens is 1. The van der Waals surface area contributed by atoms with Crippen LogP contribution in [0.25, 0.3) is 0 Å². The molecule has 0 saturated heterocycles. The second-order valence-electron chi connectivity index (χ2n) is 4.54. The average Bonchev–Trinajstić information content (AvgIpc) is 2.44. The number of carbonyl (C=O) groups excluding carboxylic acids is 1. The van der Waals surface area contributed by atoms with Crippen LogP contribution in [0.5, 0.6) is 0 Å². The Morgan fingerprint density at radius 3 is 2.48 bits per heavy atom. The third kappa shape index (κ3) is 5.62. The lowest BCUT2D eigenvalue weighted by molar-refractivity contribution is -0.140. The maximum absolute atomic E-state index is 12.1. The predicted molar refractivity (Wildman–Crippen MR) is 81.2 cm³/mol. The smallest absolute Gasteiger partial charge is 0.306 e. The van der Waals surface area contributed by atoms with E-state index in [1.165, 1.54) is 14.2 Å². The van der Waals surface area contributed by atoms with Crippen molar-refractivity contribution >= 4 is 27.8 Å². The fourth-order valence-corrected chi connectivity index (χ4v) is 2.82. The van der Waals surface area contributed by atoms with Crippen LogP contribution < -0.4 is 4.72 Å². The molecule has 0 aliphatic rings. The number of nitrogens with zero attached hydrogens (tertiary/aromatic N) is 1. The van der Waals surface area contributed by atoms with Crippen LogP contribution in [0.4, 0.5) is 0 Å². The predicted octanol–water partition coefficient (Wildman–Crippen LogP) is 1.73. The SMILES string of the molecule is COC(=O)CCN(C)S(=O)(=O)NC(C)c1ccc(Cl)cc1. The zero-order chi connectivity index (χ0) is 16.0. The maximum atomic E-state index is 12.1. The molecule has 0 saturated carbocycles. The molecule has 1 rings (SSSR count). The van der Waals surface area contributed by atoms with Gasteiger partial charge in [-0.15, -0.1) is 0 Å². The highest BCUT2D eigenvalue weighted by molar-refractivity contribution is 7.87. The summed E-state index contributed by atoms with van der Waals surface area (Å²) in [4.78, 5) is 11.0. The van der Waals surface area contributed by atoms with Gasteiger partial charge in [0.1, 0.15) is 0 Å². The van der Waals surface area contributed by atoms with Crippen LogP contribution >= 0.6 is 11.6 Å². The van der Waals surface area contributed by atoms with Gasteiger partial charge >= 0.3 is 5.97 Å². The van der Waals surface area contributed by atoms with Crippen molar-refractivity contribution in [3.05, 3.63) is 34.9 Å². The standard InChI is InChI=1S/C13H19ClN2O4S/c1-10(11-4-6-12(14)7-5-11)15-21(18,19)16(2)9-8-13(17)20-3/h4-7,10,15H,8-9H2,1-3H3. The van der Waals surface area contributed by atoms with Gasteiger partial charge in [0.25, 0.3) is 10.2 Å². The first-order chi connectivity index (χ1) is 9.76. The first kappa shape index (κ1) is 17.9. The lowest BCUT2D eigenvalue weighted by atomic mass is 10.1. The summed E-state index contributed by atoms with van der Waals surface area (Å²) in [6.45, 7) is 1.78. The maximum Gasteiger partial charge on any atom is 0.306 e. The molecule has 6 nitrogen and oxygen atoms in total. The number of benzene rings is 1. The van der Waals surface area contributed by atoms with Gasteiger partial charge in [0.15, 0.2) is 0 Å². The molecule has 1 unspecified atom stereocenters. The second kappa shape index (κ2) is 7.74. The number of nitrogens with one attached hydrogen (secondary N) is 1. The molecule has 21 heavy (non-hydrogen) atoms. The van der Waals surface area contributed by atoms with Crippen LogP contribution in [0.3, 0.4) is 0 Å². The number of esters is 1. The average molecular weight is 335 g/mol. The van der Waals surface area contributed by atoms with Gasteiger partial charge in [-0.05, 0) is 24.6 Å². The first-order valence-electron chi connectivity index (χ1n) is 6.32. The van der Waals surface area contributed by atoms with Crippen LogP contribution in [0.1, 0.15) is 24.9 Å². The molecular formula is C13H19ClN2O4S. The van der Waals surface area contributed by atoms with Gasteiger partial charge in [-0.2, -0.15) is 17.4 Å². The van der Waals surface area contributed by atoms with Gasteiger partial charge in [-0.3, -0.25) is 4.79 Å². The Kier molecular flexibility index (Phi) is 6.60. The van der Waals surface area contributed by atoms with E-state index < -0.39 is 22.2 Å². The van der Waals surface area contributed by atoms with Gasteiger partial charge in [0, 0.05) is 24.7 Å². The molecule has 0 aliphatic carbocycles. The van der Waals surface area contributed by atoms with Gasteiger partial charge in [-0.1, -0.05) is 23.7 Å². The number of rotatable bonds is 7. The largest absolute Gasteiger partial charge is 0.469 e. The number of ether oxygens (including phenoxy) is 1. The molecular weight excluding hydrogens is 316 g/mol. The monoisotopic (exact) mass is 334 g/mol. The zero-order valence-electron chi connectivity index (χ0n) is 12.2. The van der Waals surface area contributed by atoms with Crippen LogP contribution in [0, 0.1) is 0 Å². The molecule has 0 spiro atoms. The summed E-state index contributed by atoms with van der Waals surface area (Å²) in [5.41, 5.74) is 0.796. The number of hydrogen-bond donors (Lipinski definition) is 1. The highest BCUT2D eigenvalue weighted by Crippen LogP contribution is 2.17. The Morgan fingerprint density at radius 2 is 1.95 bits per heavy atom. The highest BCUT2D eigenvalue weighted by Gasteiger charge is 2.21. The van der Waals surface area contributed by atoms with Crippen molar-refractivity contribution < 1.29 is 17.9 Å². The van der Waals surface area contributed by atoms with E-state index in [0.29, 0.717) is 5.02 Å². The van der Waals surface area contributed by atoms with Crippen molar-refractivity contribution in [1.29, 1.82) is 0 Å². The highest BCUT2D eigenvalue weighted by atomic mass is 35.5. The molecule has 0 radical (unpaired) electrons. The fraction of sp³-hybridized carbons (Fsp3) is 0.462. The summed E-state index contributed by atoms with van der Waals surface area (Å²) < 4.78 is 32.3. The van der Waals surface area contributed by atoms with Gasteiger partial charge < -0.3 is 4.74 Å². The second-order valence-corrected chi connectivity index (χ2v) is 6.79. The third-order valence-electron chi connectivity index (χ3n) is 2.96. The van der Waals surface area contributed by atoms with Crippen molar-refractivity contribution in [2.75, 3.05) is 20.7 Å². The molecule has 0 fully saturated rings. The van der Waals surface area contributed by atoms with E-state index in [1.807, 2.05) is 0 Å². The van der Waals surface area contributed by atoms with Gasteiger partial charge in [0.2, 0.25) is 0 Å². The molecule has 0 heterocycles.